The van der Waals surface area contributed by atoms with Gasteiger partial charge in [0.15, 0.2) is 5.82 Å². The first kappa shape index (κ1) is 10.0. The summed E-state index contributed by atoms with van der Waals surface area (Å²) in [5.74, 6) is -0.259. The summed E-state index contributed by atoms with van der Waals surface area (Å²) in [5.41, 5.74) is 0. The fourth-order valence-electron chi connectivity index (χ4n) is 2.29. The Morgan fingerprint density at radius 1 is 1.80 bits per heavy atom. The van der Waals surface area contributed by atoms with E-state index in [0.29, 0.717) is 6.42 Å². The second-order valence-electron chi connectivity index (χ2n) is 3.76. The van der Waals surface area contributed by atoms with Crippen molar-refractivity contribution in [3.8, 4) is 0 Å². The highest BCUT2D eigenvalue weighted by Crippen LogP contribution is 2.30. The lowest BCUT2D eigenvalue weighted by Crippen LogP contribution is -2.35. The van der Waals surface area contributed by atoms with Crippen LogP contribution in [0.25, 0.3) is 0 Å². The van der Waals surface area contributed by atoms with Crippen LogP contribution in [0.3, 0.4) is 0 Å². The molecule has 5 heteroatoms. The van der Waals surface area contributed by atoms with E-state index in [4.69, 9.17) is 9.63 Å². The minimum absolute atomic E-state index is 0.0348. The zero-order chi connectivity index (χ0) is 10.8. The molecule has 0 amide bonds. The van der Waals surface area contributed by atoms with Gasteiger partial charge < -0.3 is 14.5 Å². The maximum Gasteiger partial charge on any atom is 0.308 e. The van der Waals surface area contributed by atoms with Crippen molar-refractivity contribution in [3.63, 3.8) is 0 Å². The maximum atomic E-state index is 11.0. The molecule has 0 bridgehead atoms. The minimum Gasteiger partial charge on any atom is -0.481 e. The SMILES string of the molecule is CC[C@@H]1[C@@H](C(=O)O)CCN1c1ccon1. The van der Waals surface area contributed by atoms with Crippen LogP contribution in [-0.4, -0.2) is 28.8 Å². The van der Waals surface area contributed by atoms with Crippen molar-refractivity contribution in [3.05, 3.63) is 12.3 Å². The molecule has 1 aliphatic heterocycles. The van der Waals surface area contributed by atoms with E-state index in [-0.39, 0.29) is 12.0 Å². The van der Waals surface area contributed by atoms with Gasteiger partial charge in [-0.3, -0.25) is 4.79 Å². The number of hydrogen-bond donors (Lipinski definition) is 1. The second-order valence-corrected chi connectivity index (χ2v) is 3.76. The Morgan fingerprint density at radius 2 is 2.60 bits per heavy atom. The first-order valence-corrected chi connectivity index (χ1v) is 5.14. The van der Waals surface area contributed by atoms with Gasteiger partial charge in [-0.25, -0.2) is 0 Å². The molecule has 1 aromatic rings. The molecule has 1 saturated heterocycles. The number of rotatable bonds is 3. The van der Waals surface area contributed by atoms with Crippen LogP contribution in [0.1, 0.15) is 19.8 Å². The number of nitrogens with zero attached hydrogens (tertiary/aromatic N) is 2. The van der Waals surface area contributed by atoms with Crippen molar-refractivity contribution in [2.24, 2.45) is 5.92 Å². The molecule has 1 N–H and O–H groups in total. The summed E-state index contributed by atoms with van der Waals surface area (Å²) in [6.45, 7) is 2.74. The second kappa shape index (κ2) is 3.92. The highest BCUT2D eigenvalue weighted by molar-refractivity contribution is 5.72. The Morgan fingerprint density at radius 3 is 3.13 bits per heavy atom. The number of carboxylic acids is 1. The average molecular weight is 210 g/mol. The molecule has 1 aromatic heterocycles. The quantitative estimate of drug-likeness (QED) is 0.816. The van der Waals surface area contributed by atoms with Gasteiger partial charge in [-0.1, -0.05) is 12.1 Å². The zero-order valence-corrected chi connectivity index (χ0v) is 8.59. The standard InChI is InChI=1S/C10H14N2O3/c1-2-8-7(10(13)14)3-5-12(8)9-4-6-15-11-9/h4,6-8H,2-3,5H2,1H3,(H,13,14)/t7-,8+/m0/s1. The normalized spacial score (nSPS) is 25.8. The minimum atomic E-state index is -0.715. The molecule has 0 saturated carbocycles. The number of hydrogen-bond acceptors (Lipinski definition) is 4. The summed E-state index contributed by atoms with van der Waals surface area (Å²) < 4.78 is 4.78. The lowest BCUT2D eigenvalue weighted by Gasteiger charge is -2.24. The Kier molecular flexibility index (Phi) is 2.62. The van der Waals surface area contributed by atoms with Gasteiger partial charge in [0.25, 0.3) is 0 Å². The van der Waals surface area contributed by atoms with E-state index in [1.807, 2.05) is 11.8 Å². The third kappa shape index (κ3) is 1.69. The van der Waals surface area contributed by atoms with E-state index in [9.17, 15) is 4.79 Å². The summed E-state index contributed by atoms with van der Waals surface area (Å²) in [4.78, 5) is 13.0. The molecule has 2 rings (SSSR count). The van der Waals surface area contributed by atoms with Gasteiger partial charge in [0.05, 0.1) is 5.92 Å². The molecule has 0 radical (unpaired) electrons. The largest absolute Gasteiger partial charge is 0.481 e. The van der Waals surface area contributed by atoms with Crippen molar-refractivity contribution < 1.29 is 14.4 Å². The van der Waals surface area contributed by atoms with E-state index >= 15 is 0 Å². The molecule has 0 spiro atoms. The van der Waals surface area contributed by atoms with Crippen molar-refractivity contribution in [1.82, 2.24) is 5.16 Å². The topological polar surface area (TPSA) is 66.6 Å². The Balaban J connectivity index is 2.18. The fraction of sp³-hybridized carbons (Fsp3) is 0.600. The predicted molar refractivity (Wildman–Crippen MR) is 53.7 cm³/mol. The van der Waals surface area contributed by atoms with Gasteiger partial charge in [-0.2, -0.15) is 0 Å². The molecule has 1 aliphatic rings. The van der Waals surface area contributed by atoms with E-state index in [1.165, 1.54) is 6.26 Å². The summed E-state index contributed by atoms with van der Waals surface area (Å²) >= 11 is 0. The third-order valence-electron chi connectivity index (χ3n) is 3.00. The van der Waals surface area contributed by atoms with Gasteiger partial charge in [0.1, 0.15) is 6.26 Å². The molecule has 5 nitrogen and oxygen atoms in total. The van der Waals surface area contributed by atoms with E-state index in [2.05, 4.69) is 5.16 Å². The number of aromatic nitrogens is 1. The van der Waals surface area contributed by atoms with Crippen LogP contribution < -0.4 is 4.90 Å². The third-order valence-corrected chi connectivity index (χ3v) is 3.00. The van der Waals surface area contributed by atoms with E-state index in [0.717, 1.165) is 18.8 Å². The first-order valence-electron chi connectivity index (χ1n) is 5.14. The lowest BCUT2D eigenvalue weighted by molar-refractivity contribution is -0.141. The van der Waals surface area contributed by atoms with Crippen LogP contribution >= 0.6 is 0 Å². The number of carboxylic acid groups (broad SMARTS) is 1. The van der Waals surface area contributed by atoms with Crippen molar-refractivity contribution in [1.29, 1.82) is 0 Å². The molecule has 1 fully saturated rings. The smallest absolute Gasteiger partial charge is 0.308 e. The fourth-order valence-corrected chi connectivity index (χ4v) is 2.29. The highest BCUT2D eigenvalue weighted by Gasteiger charge is 2.38. The summed E-state index contributed by atoms with van der Waals surface area (Å²) in [6, 6.07) is 1.81. The van der Waals surface area contributed by atoms with Gasteiger partial charge in [-0.15, -0.1) is 0 Å². The summed E-state index contributed by atoms with van der Waals surface area (Å²) in [6.07, 6.45) is 3.00. The molecular formula is C10H14N2O3. The maximum absolute atomic E-state index is 11.0. The highest BCUT2D eigenvalue weighted by atomic mass is 16.5. The van der Waals surface area contributed by atoms with Gasteiger partial charge in [0, 0.05) is 18.7 Å². The molecule has 15 heavy (non-hydrogen) atoms. The van der Waals surface area contributed by atoms with Gasteiger partial charge in [-0.05, 0) is 12.8 Å². The van der Waals surface area contributed by atoms with Crippen LogP contribution in [0.4, 0.5) is 5.82 Å². The van der Waals surface area contributed by atoms with Crippen molar-refractivity contribution in [2.45, 2.75) is 25.8 Å². The summed E-state index contributed by atoms with van der Waals surface area (Å²) in [5, 5.41) is 12.9. The van der Waals surface area contributed by atoms with Crippen molar-refractivity contribution in [2.75, 3.05) is 11.4 Å². The van der Waals surface area contributed by atoms with Crippen molar-refractivity contribution >= 4 is 11.8 Å². The van der Waals surface area contributed by atoms with E-state index in [1.54, 1.807) is 6.07 Å². The molecule has 0 unspecified atom stereocenters. The van der Waals surface area contributed by atoms with Crippen LogP contribution in [0.2, 0.25) is 0 Å². The van der Waals surface area contributed by atoms with Crippen LogP contribution in [0.5, 0.6) is 0 Å². The van der Waals surface area contributed by atoms with Crippen LogP contribution in [0.15, 0.2) is 16.9 Å². The Labute approximate surface area is 87.7 Å². The van der Waals surface area contributed by atoms with E-state index < -0.39 is 5.97 Å². The van der Waals surface area contributed by atoms with Crippen LogP contribution in [0, 0.1) is 5.92 Å². The first-order chi connectivity index (χ1) is 7.24. The number of carbonyl (C=O) groups is 1. The molecule has 0 aliphatic carbocycles. The Hall–Kier alpha value is -1.52. The van der Waals surface area contributed by atoms with Gasteiger partial charge >= 0.3 is 5.97 Å². The molecule has 2 heterocycles. The number of anilines is 1. The molecule has 82 valence electrons. The molecule has 0 aromatic carbocycles. The monoisotopic (exact) mass is 210 g/mol. The molecular weight excluding hydrogens is 196 g/mol. The summed E-state index contributed by atoms with van der Waals surface area (Å²) in [7, 11) is 0. The van der Waals surface area contributed by atoms with Gasteiger partial charge in [0.2, 0.25) is 0 Å². The van der Waals surface area contributed by atoms with Crippen LogP contribution in [-0.2, 0) is 4.79 Å². The number of aliphatic carboxylic acids is 1. The molecule has 2 atom stereocenters. The average Bonchev–Trinajstić information content (AvgIpc) is 2.85. The Bertz CT molecular complexity index is 336. The lowest BCUT2D eigenvalue weighted by atomic mass is 9.99. The zero-order valence-electron chi connectivity index (χ0n) is 8.59. The predicted octanol–water partition coefficient (Wildman–Crippen LogP) is 1.36.